The lowest BCUT2D eigenvalue weighted by Crippen LogP contribution is -2.35. The number of urea groups is 1. The molecule has 4 rings (SSSR count). The number of nitrogens with one attached hydrogen (secondary N) is 2. The van der Waals surface area contributed by atoms with E-state index < -0.39 is 0 Å². The number of anilines is 1. The Balaban J connectivity index is 1.67. The molecule has 1 heterocycles. The van der Waals surface area contributed by atoms with Gasteiger partial charge < -0.3 is 19.9 Å². The van der Waals surface area contributed by atoms with Crippen LogP contribution in [0, 0.1) is 6.92 Å². The summed E-state index contributed by atoms with van der Waals surface area (Å²) < 4.78 is 5.46. The number of amides is 2. The van der Waals surface area contributed by atoms with Gasteiger partial charge in [0.1, 0.15) is 5.75 Å². The summed E-state index contributed by atoms with van der Waals surface area (Å²) in [5.41, 5.74) is 3.70. The number of para-hydroxylation sites is 2. The van der Waals surface area contributed by atoms with Crippen molar-refractivity contribution in [2.75, 3.05) is 12.4 Å². The highest BCUT2D eigenvalue weighted by Gasteiger charge is 2.18. The highest BCUT2D eigenvalue weighted by Crippen LogP contribution is 2.21. The summed E-state index contributed by atoms with van der Waals surface area (Å²) in [5.74, 6) is 0.688. The molecule has 0 aliphatic heterocycles. The number of ether oxygens (including phenoxy) is 1. The number of H-pyrrole nitrogens is 1. The minimum absolute atomic E-state index is 0.149. The number of carbonyl (C=O) groups excluding carboxylic acids is 1. The van der Waals surface area contributed by atoms with Crippen LogP contribution < -0.4 is 15.6 Å². The molecule has 2 N–H and O–H groups in total. The number of rotatable bonds is 6. The highest BCUT2D eigenvalue weighted by atomic mass is 16.5. The van der Waals surface area contributed by atoms with E-state index in [-0.39, 0.29) is 24.7 Å². The Morgan fingerprint density at radius 3 is 2.44 bits per heavy atom. The van der Waals surface area contributed by atoms with Crippen molar-refractivity contribution >= 4 is 22.6 Å². The minimum Gasteiger partial charge on any atom is -0.496 e. The normalized spacial score (nSPS) is 10.7. The number of benzene rings is 3. The number of hydrogen-bond donors (Lipinski definition) is 2. The van der Waals surface area contributed by atoms with Gasteiger partial charge in [0.05, 0.1) is 20.2 Å². The fourth-order valence-corrected chi connectivity index (χ4v) is 3.65. The molecule has 3 aromatic carbocycles. The van der Waals surface area contributed by atoms with Crippen molar-refractivity contribution in [2.45, 2.75) is 20.0 Å². The highest BCUT2D eigenvalue weighted by molar-refractivity contribution is 5.89. The molecule has 0 radical (unpaired) electrons. The molecule has 6 nitrogen and oxygen atoms in total. The second-order valence-electron chi connectivity index (χ2n) is 7.68. The number of carbonyl (C=O) groups is 1. The largest absolute Gasteiger partial charge is 0.496 e. The molecular weight excluding hydrogens is 402 g/mol. The van der Waals surface area contributed by atoms with Crippen LogP contribution >= 0.6 is 0 Å². The van der Waals surface area contributed by atoms with E-state index in [1.54, 1.807) is 12.0 Å². The lowest BCUT2D eigenvalue weighted by molar-refractivity contribution is 0.205. The maximum Gasteiger partial charge on any atom is 0.322 e. The molecule has 0 saturated carbocycles. The van der Waals surface area contributed by atoms with Crippen LogP contribution in [-0.4, -0.2) is 23.0 Å². The van der Waals surface area contributed by atoms with Crippen molar-refractivity contribution in [2.24, 2.45) is 0 Å². The van der Waals surface area contributed by atoms with Crippen molar-refractivity contribution in [3.05, 3.63) is 106 Å². The molecule has 0 unspecified atom stereocenters. The van der Waals surface area contributed by atoms with Gasteiger partial charge in [0, 0.05) is 22.3 Å². The average Bonchev–Trinajstić information content (AvgIpc) is 2.80. The van der Waals surface area contributed by atoms with Crippen molar-refractivity contribution in [3.8, 4) is 5.75 Å². The third kappa shape index (κ3) is 4.81. The van der Waals surface area contributed by atoms with Crippen LogP contribution in [0.4, 0.5) is 10.5 Å². The molecule has 6 heteroatoms. The van der Waals surface area contributed by atoms with Gasteiger partial charge in [-0.3, -0.25) is 4.79 Å². The molecule has 2 amide bonds. The van der Waals surface area contributed by atoms with Crippen LogP contribution in [0.1, 0.15) is 16.7 Å². The number of aromatic nitrogens is 1. The van der Waals surface area contributed by atoms with Crippen LogP contribution in [0.2, 0.25) is 0 Å². The van der Waals surface area contributed by atoms with E-state index in [1.807, 2.05) is 85.8 Å². The Labute approximate surface area is 186 Å². The molecular formula is C26H25N3O3. The number of hydrogen-bond acceptors (Lipinski definition) is 3. The Kier molecular flexibility index (Phi) is 6.22. The van der Waals surface area contributed by atoms with E-state index in [0.717, 1.165) is 22.0 Å². The first kappa shape index (κ1) is 21.2. The van der Waals surface area contributed by atoms with Gasteiger partial charge in [-0.15, -0.1) is 0 Å². The molecule has 0 spiro atoms. The van der Waals surface area contributed by atoms with E-state index in [9.17, 15) is 9.59 Å². The third-order valence-corrected chi connectivity index (χ3v) is 5.31. The van der Waals surface area contributed by atoms with E-state index >= 15 is 0 Å². The molecule has 0 atom stereocenters. The van der Waals surface area contributed by atoms with Gasteiger partial charge in [0.15, 0.2) is 0 Å². The number of aromatic amines is 1. The van der Waals surface area contributed by atoms with Crippen molar-refractivity contribution in [3.63, 3.8) is 0 Å². The number of fused-ring (bicyclic) bond motifs is 1. The van der Waals surface area contributed by atoms with Gasteiger partial charge in [-0.2, -0.15) is 0 Å². The lowest BCUT2D eigenvalue weighted by Gasteiger charge is -2.24. The fraction of sp³-hybridized carbons (Fsp3) is 0.154. The summed E-state index contributed by atoms with van der Waals surface area (Å²) >= 11 is 0. The summed E-state index contributed by atoms with van der Waals surface area (Å²) in [6.07, 6.45) is 0. The van der Waals surface area contributed by atoms with Gasteiger partial charge in [-0.25, -0.2) is 4.79 Å². The van der Waals surface area contributed by atoms with Crippen molar-refractivity contribution < 1.29 is 9.53 Å². The fourth-order valence-electron chi connectivity index (χ4n) is 3.65. The number of aryl methyl sites for hydroxylation is 1. The Morgan fingerprint density at radius 1 is 0.938 bits per heavy atom. The molecule has 0 fully saturated rings. The maximum atomic E-state index is 13.2. The van der Waals surface area contributed by atoms with Gasteiger partial charge in [0.25, 0.3) is 5.56 Å². The molecule has 32 heavy (non-hydrogen) atoms. The zero-order chi connectivity index (χ0) is 22.5. The molecule has 0 bridgehead atoms. The third-order valence-electron chi connectivity index (χ3n) is 5.31. The molecule has 162 valence electrons. The van der Waals surface area contributed by atoms with Crippen molar-refractivity contribution in [1.82, 2.24) is 9.88 Å². The Hall–Kier alpha value is -4.06. The summed E-state index contributed by atoms with van der Waals surface area (Å²) in [6.45, 7) is 2.42. The van der Waals surface area contributed by atoms with Gasteiger partial charge >= 0.3 is 6.03 Å². The monoisotopic (exact) mass is 427 g/mol. The van der Waals surface area contributed by atoms with Crippen LogP contribution in [0.5, 0.6) is 5.75 Å². The maximum absolute atomic E-state index is 13.2. The first-order valence-corrected chi connectivity index (χ1v) is 10.4. The molecule has 0 aliphatic rings. The zero-order valence-corrected chi connectivity index (χ0v) is 18.1. The minimum atomic E-state index is -0.300. The predicted molar refractivity (Wildman–Crippen MR) is 127 cm³/mol. The summed E-state index contributed by atoms with van der Waals surface area (Å²) in [5, 5.41) is 3.84. The smallest absolute Gasteiger partial charge is 0.322 e. The summed E-state index contributed by atoms with van der Waals surface area (Å²) in [4.78, 5) is 30.5. The molecule has 0 aliphatic carbocycles. The second kappa shape index (κ2) is 9.39. The van der Waals surface area contributed by atoms with E-state index in [1.165, 1.54) is 0 Å². The van der Waals surface area contributed by atoms with Crippen LogP contribution in [0.15, 0.2) is 83.7 Å². The standard InChI is InChI=1S/C26H25N3O3/c1-18-12-13-19-15-21(25(30)28-23(19)14-18)17-29(16-20-8-6-7-11-24(20)32-2)26(31)27-22-9-4-3-5-10-22/h3-15H,16-17H2,1-2H3,(H,27,31)(H,28,30). The topological polar surface area (TPSA) is 74.4 Å². The molecule has 0 saturated heterocycles. The van der Waals surface area contributed by atoms with E-state index in [0.29, 0.717) is 17.0 Å². The molecule has 4 aromatic rings. The van der Waals surface area contributed by atoms with Crippen LogP contribution in [-0.2, 0) is 13.1 Å². The first-order chi connectivity index (χ1) is 15.5. The Bertz CT molecular complexity index is 1300. The lowest BCUT2D eigenvalue weighted by atomic mass is 10.1. The molecule has 1 aromatic heterocycles. The number of methoxy groups -OCH3 is 1. The van der Waals surface area contributed by atoms with Gasteiger partial charge in [-0.05, 0) is 48.2 Å². The summed E-state index contributed by atoms with van der Waals surface area (Å²) in [6, 6.07) is 24.3. The van der Waals surface area contributed by atoms with Crippen LogP contribution in [0.3, 0.4) is 0 Å². The van der Waals surface area contributed by atoms with Gasteiger partial charge in [0.2, 0.25) is 0 Å². The van der Waals surface area contributed by atoms with E-state index in [4.69, 9.17) is 4.74 Å². The average molecular weight is 428 g/mol. The number of nitrogens with zero attached hydrogens (tertiary/aromatic N) is 1. The van der Waals surface area contributed by atoms with Crippen molar-refractivity contribution in [1.29, 1.82) is 0 Å². The van der Waals surface area contributed by atoms with Gasteiger partial charge in [-0.1, -0.05) is 48.5 Å². The SMILES string of the molecule is COc1ccccc1CN(Cc1cc2ccc(C)cc2[nH]c1=O)C(=O)Nc1ccccc1. The Morgan fingerprint density at radius 2 is 1.66 bits per heavy atom. The quantitative estimate of drug-likeness (QED) is 0.451. The summed E-state index contributed by atoms with van der Waals surface area (Å²) in [7, 11) is 1.60. The predicted octanol–water partition coefficient (Wildman–Crippen LogP) is 5.08. The first-order valence-electron chi connectivity index (χ1n) is 10.4. The number of pyridine rings is 1. The van der Waals surface area contributed by atoms with E-state index in [2.05, 4.69) is 10.3 Å². The second-order valence-corrected chi connectivity index (χ2v) is 7.68. The zero-order valence-electron chi connectivity index (χ0n) is 18.1. The van der Waals surface area contributed by atoms with Crippen LogP contribution in [0.25, 0.3) is 10.9 Å².